The molecular formula is C25H18ClNO2. The molecule has 0 radical (unpaired) electrons. The van der Waals surface area contributed by atoms with E-state index in [1.807, 2.05) is 67.6 Å². The number of aromatic nitrogens is 1. The summed E-state index contributed by atoms with van der Waals surface area (Å²) >= 11 is 6.01. The van der Waals surface area contributed by atoms with E-state index in [4.69, 9.17) is 11.6 Å². The number of H-pyrrole nitrogens is 1. The molecule has 0 aliphatic carbocycles. The van der Waals surface area contributed by atoms with E-state index in [9.17, 15) is 9.59 Å². The van der Waals surface area contributed by atoms with Crippen LogP contribution in [0.15, 0.2) is 83.7 Å². The normalized spacial score (nSPS) is 11.2. The van der Waals surface area contributed by atoms with Crippen LogP contribution in [0.5, 0.6) is 0 Å². The first kappa shape index (κ1) is 18.9. The molecule has 0 fully saturated rings. The van der Waals surface area contributed by atoms with Crippen molar-refractivity contribution in [1.29, 1.82) is 0 Å². The lowest BCUT2D eigenvalue weighted by Crippen LogP contribution is -2.18. The van der Waals surface area contributed by atoms with Crippen molar-refractivity contribution in [2.24, 2.45) is 0 Å². The minimum absolute atomic E-state index is 0.130. The lowest BCUT2D eigenvalue weighted by Gasteiger charge is -2.12. The average Bonchev–Trinajstić information content (AvgIpc) is 2.71. The van der Waals surface area contributed by atoms with Gasteiger partial charge in [0.25, 0.3) is 5.56 Å². The van der Waals surface area contributed by atoms with Crippen LogP contribution in [0.4, 0.5) is 0 Å². The number of ketones is 1. The second-order valence-corrected chi connectivity index (χ2v) is 7.31. The molecule has 0 amide bonds. The summed E-state index contributed by atoms with van der Waals surface area (Å²) in [6.07, 6.45) is 3.09. The molecule has 0 saturated heterocycles. The number of halogens is 1. The highest BCUT2D eigenvalue weighted by Gasteiger charge is 2.19. The summed E-state index contributed by atoms with van der Waals surface area (Å²) in [7, 11) is 0. The van der Waals surface area contributed by atoms with Crippen LogP contribution < -0.4 is 5.56 Å². The first-order valence-electron chi connectivity index (χ1n) is 9.23. The summed E-state index contributed by atoms with van der Waals surface area (Å²) in [6.45, 7) is 1.97. The fourth-order valence-corrected chi connectivity index (χ4v) is 3.62. The van der Waals surface area contributed by atoms with Crippen molar-refractivity contribution in [3.8, 4) is 11.1 Å². The summed E-state index contributed by atoms with van der Waals surface area (Å²) in [5.41, 5.74) is 3.74. The zero-order chi connectivity index (χ0) is 20.4. The van der Waals surface area contributed by atoms with E-state index in [1.165, 1.54) is 6.08 Å². The minimum Gasteiger partial charge on any atom is -0.321 e. The Bertz CT molecular complexity index is 1300. The third kappa shape index (κ3) is 3.91. The standard InChI is InChI=1S/C25H18ClNO2/c1-16-10-12-20-21(14-16)27-25(29)24(23(20)18-7-3-2-4-8-18)22(28)13-11-17-6-5-9-19(26)15-17/h2-15H,1H3,(H,27,29)/b13-11+. The van der Waals surface area contributed by atoms with Crippen LogP contribution in [0.1, 0.15) is 21.5 Å². The summed E-state index contributed by atoms with van der Waals surface area (Å²) in [5.74, 6) is -0.354. The molecular weight excluding hydrogens is 382 g/mol. The first-order chi connectivity index (χ1) is 14.0. The highest BCUT2D eigenvalue weighted by molar-refractivity contribution is 6.30. The van der Waals surface area contributed by atoms with Crippen molar-refractivity contribution >= 4 is 34.4 Å². The number of aromatic amines is 1. The van der Waals surface area contributed by atoms with E-state index in [2.05, 4.69) is 4.98 Å². The first-order valence-corrected chi connectivity index (χ1v) is 9.61. The zero-order valence-electron chi connectivity index (χ0n) is 15.8. The van der Waals surface area contributed by atoms with Crippen LogP contribution in [-0.4, -0.2) is 10.8 Å². The fraction of sp³-hybridized carbons (Fsp3) is 0.0400. The maximum atomic E-state index is 13.1. The molecule has 0 unspecified atom stereocenters. The Balaban J connectivity index is 1.91. The predicted molar refractivity (Wildman–Crippen MR) is 120 cm³/mol. The molecule has 1 N–H and O–H groups in total. The van der Waals surface area contributed by atoms with E-state index < -0.39 is 5.56 Å². The number of fused-ring (bicyclic) bond motifs is 1. The van der Waals surface area contributed by atoms with Crippen molar-refractivity contribution in [3.05, 3.63) is 111 Å². The van der Waals surface area contributed by atoms with Gasteiger partial charge in [0, 0.05) is 21.5 Å². The van der Waals surface area contributed by atoms with Gasteiger partial charge >= 0.3 is 0 Å². The predicted octanol–water partition coefficient (Wildman–Crippen LogP) is 6.05. The largest absolute Gasteiger partial charge is 0.321 e. The molecule has 3 nitrogen and oxygen atoms in total. The van der Waals surface area contributed by atoms with Gasteiger partial charge in [-0.15, -0.1) is 0 Å². The second kappa shape index (κ2) is 7.90. The Morgan fingerprint density at radius 3 is 2.52 bits per heavy atom. The van der Waals surface area contributed by atoms with Crippen LogP contribution in [-0.2, 0) is 0 Å². The lowest BCUT2D eigenvalue weighted by molar-refractivity contribution is 0.104. The fourth-order valence-electron chi connectivity index (χ4n) is 3.42. The number of hydrogen-bond donors (Lipinski definition) is 1. The molecule has 0 bridgehead atoms. The molecule has 29 heavy (non-hydrogen) atoms. The number of aryl methyl sites for hydroxylation is 1. The number of pyridine rings is 1. The molecule has 4 rings (SSSR count). The molecule has 0 saturated carbocycles. The van der Waals surface area contributed by atoms with Crippen LogP contribution in [0.2, 0.25) is 5.02 Å². The zero-order valence-corrected chi connectivity index (χ0v) is 16.5. The number of carbonyl (C=O) groups is 1. The third-order valence-corrected chi connectivity index (χ3v) is 4.99. The Morgan fingerprint density at radius 1 is 0.966 bits per heavy atom. The molecule has 4 aromatic rings. The topological polar surface area (TPSA) is 49.9 Å². The van der Waals surface area contributed by atoms with Crippen LogP contribution in [0.3, 0.4) is 0 Å². The van der Waals surface area contributed by atoms with Crippen LogP contribution >= 0.6 is 11.6 Å². The lowest BCUT2D eigenvalue weighted by atomic mass is 9.93. The van der Waals surface area contributed by atoms with Crippen molar-refractivity contribution < 1.29 is 4.79 Å². The number of nitrogens with one attached hydrogen (secondary N) is 1. The minimum atomic E-state index is -0.400. The Labute approximate surface area is 173 Å². The SMILES string of the molecule is Cc1ccc2c(-c3ccccc3)c(C(=O)/C=C/c3cccc(Cl)c3)c(=O)[nH]c2c1. The molecule has 0 aliphatic rings. The van der Waals surface area contributed by atoms with Crippen molar-refractivity contribution in [2.75, 3.05) is 0 Å². The molecule has 1 heterocycles. The van der Waals surface area contributed by atoms with Gasteiger partial charge in [0.05, 0.1) is 5.56 Å². The van der Waals surface area contributed by atoms with Crippen molar-refractivity contribution in [3.63, 3.8) is 0 Å². The third-order valence-electron chi connectivity index (χ3n) is 4.75. The van der Waals surface area contributed by atoms with E-state index >= 15 is 0 Å². The maximum absolute atomic E-state index is 13.1. The van der Waals surface area contributed by atoms with Crippen molar-refractivity contribution in [2.45, 2.75) is 6.92 Å². The van der Waals surface area contributed by atoms with Crippen LogP contribution in [0, 0.1) is 6.92 Å². The molecule has 0 spiro atoms. The Kier molecular flexibility index (Phi) is 5.15. The highest BCUT2D eigenvalue weighted by Crippen LogP contribution is 2.30. The summed E-state index contributed by atoms with van der Waals surface area (Å²) in [4.78, 5) is 28.9. The van der Waals surface area contributed by atoms with Gasteiger partial charge < -0.3 is 4.98 Å². The van der Waals surface area contributed by atoms with E-state index in [1.54, 1.807) is 18.2 Å². The van der Waals surface area contributed by atoms with E-state index in [0.29, 0.717) is 16.1 Å². The highest BCUT2D eigenvalue weighted by atomic mass is 35.5. The molecule has 4 heteroatoms. The molecule has 0 atom stereocenters. The number of rotatable bonds is 4. The van der Waals surface area contributed by atoms with E-state index in [0.717, 1.165) is 22.1 Å². The Morgan fingerprint density at radius 2 is 1.76 bits per heavy atom. The van der Waals surface area contributed by atoms with Crippen molar-refractivity contribution in [1.82, 2.24) is 4.98 Å². The van der Waals surface area contributed by atoms with Gasteiger partial charge in [0.15, 0.2) is 5.78 Å². The Hall–Kier alpha value is -3.43. The maximum Gasteiger partial charge on any atom is 0.260 e. The number of hydrogen-bond acceptors (Lipinski definition) is 2. The average molecular weight is 400 g/mol. The summed E-state index contributed by atoms with van der Waals surface area (Å²) < 4.78 is 0. The smallest absolute Gasteiger partial charge is 0.260 e. The number of allylic oxidation sites excluding steroid dienone is 1. The van der Waals surface area contributed by atoms with Gasteiger partial charge in [0.1, 0.15) is 0 Å². The molecule has 0 aliphatic heterocycles. The van der Waals surface area contributed by atoms with Gasteiger partial charge in [-0.25, -0.2) is 0 Å². The monoisotopic (exact) mass is 399 g/mol. The number of carbonyl (C=O) groups excluding carboxylic acids is 1. The van der Waals surface area contributed by atoms with Gasteiger partial charge in [-0.2, -0.15) is 0 Å². The summed E-state index contributed by atoms with van der Waals surface area (Å²) in [6, 6.07) is 22.5. The van der Waals surface area contributed by atoms with Crippen LogP contribution in [0.25, 0.3) is 28.1 Å². The summed E-state index contributed by atoms with van der Waals surface area (Å²) in [5, 5.41) is 1.42. The van der Waals surface area contributed by atoms with Gasteiger partial charge in [-0.05, 0) is 47.9 Å². The molecule has 142 valence electrons. The van der Waals surface area contributed by atoms with Gasteiger partial charge in [-0.3, -0.25) is 9.59 Å². The molecule has 3 aromatic carbocycles. The van der Waals surface area contributed by atoms with Gasteiger partial charge in [0.2, 0.25) is 0 Å². The molecule has 1 aromatic heterocycles. The quantitative estimate of drug-likeness (QED) is 0.335. The van der Waals surface area contributed by atoms with Gasteiger partial charge in [-0.1, -0.05) is 72.3 Å². The van der Waals surface area contributed by atoms with E-state index in [-0.39, 0.29) is 11.3 Å². The number of benzene rings is 3. The second-order valence-electron chi connectivity index (χ2n) is 6.87.